The first-order chi connectivity index (χ1) is 16.5. The van der Waals surface area contributed by atoms with E-state index < -0.39 is 36.3 Å². The summed E-state index contributed by atoms with van der Waals surface area (Å²) in [7, 11) is 0. The van der Waals surface area contributed by atoms with Crippen LogP contribution in [-0.4, -0.2) is 40.7 Å². The number of hydrogen-bond acceptors (Lipinski definition) is 5. The summed E-state index contributed by atoms with van der Waals surface area (Å²) in [5.41, 5.74) is -0.0903. The Kier molecular flexibility index (Phi) is 7.21. The lowest BCUT2D eigenvalue weighted by atomic mass is 9.97. The van der Waals surface area contributed by atoms with Gasteiger partial charge in [-0.3, -0.25) is 4.98 Å². The SMILES string of the molecule is C[C@H](c1ccc(OCC(F)(F)F)cn1)N1C=C(I)C=C(F)C1(F)c1cnc(N2CCCC2)c(F)c1. The molecule has 5 nitrogen and oxygen atoms in total. The van der Waals surface area contributed by atoms with Crippen molar-refractivity contribution in [3.63, 3.8) is 0 Å². The number of ether oxygens (including phenoxy) is 1. The van der Waals surface area contributed by atoms with Crippen molar-refractivity contribution in [1.29, 1.82) is 0 Å². The van der Waals surface area contributed by atoms with Crippen molar-refractivity contribution < 1.29 is 31.1 Å². The number of alkyl halides is 4. The number of nitrogens with zero attached hydrogens (tertiary/aromatic N) is 4. The van der Waals surface area contributed by atoms with Crippen LogP contribution in [0.3, 0.4) is 0 Å². The average molecular weight is 610 g/mol. The standard InChI is InChI=1S/C23H21F6IN4O/c1-14(19-5-4-17(11-31-19)35-13-22(26,27)28)34-12-16(30)9-20(25)23(34,29)15-8-18(24)21(32-10-15)33-6-2-3-7-33/h4-5,8-12,14H,2-3,6-7,13H2,1H3/t14-,23?/m1/s1. The maximum Gasteiger partial charge on any atom is 0.422 e. The topological polar surface area (TPSA) is 41.5 Å². The van der Waals surface area contributed by atoms with Gasteiger partial charge in [0.2, 0.25) is 0 Å². The van der Waals surface area contributed by atoms with E-state index in [1.54, 1.807) is 11.8 Å². The monoisotopic (exact) mass is 610 g/mol. The van der Waals surface area contributed by atoms with E-state index in [-0.39, 0.29) is 22.8 Å². The minimum Gasteiger partial charge on any atom is -0.483 e. The van der Waals surface area contributed by atoms with Crippen LogP contribution in [0.4, 0.5) is 32.2 Å². The van der Waals surface area contributed by atoms with Gasteiger partial charge in [0.05, 0.1) is 17.9 Å². The summed E-state index contributed by atoms with van der Waals surface area (Å²) in [6, 6.07) is 2.69. The first-order valence-electron chi connectivity index (χ1n) is 10.8. The number of hydrogen-bond donors (Lipinski definition) is 0. The minimum atomic E-state index is -4.51. The molecule has 0 aromatic carbocycles. The highest BCUT2D eigenvalue weighted by Crippen LogP contribution is 2.47. The van der Waals surface area contributed by atoms with Crippen molar-refractivity contribution in [2.45, 2.75) is 37.8 Å². The molecule has 2 aliphatic rings. The van der Waals surface area contributed by atoms with Crippen LogP contribution in [0.5, 0.6) is 5.75 Å². The summed E-state index contributed by atoms with van der Waals surface area (Å²) >= 11 is 1.83. The molecule has 1 unspecified atom stereocenters. The van der Waals surface area contributed by atoms with Crippen LogP contribution < -0.4 is 9.64 Å². The van der Waals surface area contributed by atoms with Gasteiger partial charge in [-0.15, -0.1) is 0 Å². The second-order valence-electron chi connectivity index (χ2n) is 8.26. The van der Waals surface area contributed by atoms with Crippen LogP contribution in [0.1, 0.15) is 37.1 Å². The quantitative estimate of drug-likeness (QED) is 0.213. The Bertz CT molecular complexity index is 1130. The molecule has 2 aliphatic heterocycles. The van der Waals surface area contributed by atoms with Crippen molar-refractivity contribution in [3.05, 3.63) is 69.4 Å². The third-order valence-corrected chi connectivity index (χ3v) is 6.41. The lowest BCUT2D eigenvalue weighted by molar-refractivity contribution is -0.153. The Balaban J connectivity index is 1.64. The molecule has 35 heavy (non-hydrogen) atoms. The zero-order chi connectivity index (χ0) is 25.4. The van der Waals surface area contributed by atoms with Crippen molar-refractivity contribution in [3.8, 4) is 5.75 Å². The van der Waals surface area contributed by atoms with Gasteiger partial charge in [-0.1, -0.05) is 0 Å². The fourth-order valence-corrected chi connectivity index (χ4v) is 4.64. The second kappa shape index (κ2) is 9.86. The molecule has 4 heterocycles. The number of allylic oxidation sites excluding steroid dienone is 2. The van der Waals surface area contributed by atoms with E-state index in [1.807, 2.05) is 22.6 Å². The van der Waals surface area contributed by atoms with Crippen molar-refractivity contribution >= 4 is 28.4 Å². The van der Waals surface area contributed by atoms with Crippen LogP contribution in [0.15, 0.2) is 52.3 Å². The van der Waals surface area contributed by atoms with E-state index in [2.05, 4.69) is 14.7 Å². The van der Waals surface area contributed by atoms with E-state index >= 15 is 8.78 Å². The molecule has 0 amide bonds. The maximum absolute atomic E-state index is 16.5. The molecule has 0 radical (unpaired) electrons. The first kappa shape index (κ1) is 25.6. The summed E-state index contributed by atoms with van der Waals surface area (Å²) in [5.74, 6) is -4.82. The predicted octanol–water partition coefficient (Wildman–Crippen LogP) is 6.49. The summed E-state index contributed by atoms with van der Waals surface area (Å²) < 4.78 is 88.8. The van der Waals surface area contributed by atoms with Crippen molar-refractivity contribution in [2.24, 2.45) is 0 Å². The molecule has 2 aromatic heterocycles. The Morgan fingerprint density at radius 3 is 2.46 bits per heavy atom. The molecule has 2 atom stereocenters. The largest absolute Gasteiger partial charge is 0.483 e. The Labute approximate surface area is 211 Å². The third-order valence-electron chi connectivity index (χ3n) is 5.82. The van der Waals surface area contributed by atoms with Crippen LogP contribution in [0, 0.1) is 5.82 Å². The number of aromatic nitrogens is 2. The molecule has 0 aliphatic carbocycles. The smallest absolute Gasteiger partial charge is 0.422 e. The molecular formula is C23H21F6IN4O. The van der Waals surface area contributed by atoms with E-state index in [1.165, 1.54) is 18.3 Å². The number of pyridine rings is 2. The molecule has 1 fully saturated rings. The fourth-order valence-electron chi connectivity index (χ4n) is 4.07. The normalized spacial score (nSPS) is 21.6. The van der Waals surface area contributed by atoms with Crippen LogP contribution in [-0.2, 0) is 5.79 Å². The summed E-state index contributed by atoms with van der Waals surface area (Å²) in [6.45, 7) is 1.34. The van der Waals surface area contributed by atoms with Gasteiger partial charge in [0.1, 0.15) is 5.75 Å². The molecule has 0 saturated carbocycles. The molecule has 12 heteroatoms. The zero-order valence-corrected chi connectivity index (χ0v) is 20.7. The van der Waals surface area contributed by atoms with E-state index in [9.17, 15) is 17.6 Å². The van der Waals surface area contributed by atoms with Crippen molar-refractivity contribution in [2.75, 3.05) is 24.6 Å². The van der Waals surface area contributed by atoms with Gasteiger partial charge < -0.3 is 14.5 Å². The van der Waals surface area contributed by atoms with E-state index in [4.69, 9.17) is 0 Å². The highest BCUT2D eigenvalue weighted by atomic mass is 127. The molecule has 0 N–H and O–H groups in total. The molecular weight excluding hydrogens is 589 g/mol. The van der Waals surface area contributed by atoms with E-state index in [0.717, 1.165) is 42.3 Å². The van der Waals surface area contributed by atoms with Gasteiger partial charge in [-0.05, 0) is 66.6 Å². The first-order valence-corrected chi connectivity index (χ1v) is 11.9. The third kappa shape index (κ3) is 5.36. The van der Waals surface area contributed by atoms with Gasteiger partial charge in [0.15, 0.2) is 24.1 Å². The van der Waals surface area contributed by atoms with Gasteiger partial charge in [-0.2, -0.15) is 13.2 Å². The molecule has 0 bridgehead atoms. The van der Waals surface area contributed by atoms with Crippen LogP contribution >= 0.6 is 22.6 Å². The number of rotatable bonds is 6. The Morgan fingerprint density at radius 1 is 1.14 bits per heavy atom. The Morgan fingerprint density at radius 2 is 1.86 bits per heavy atom. The highest BCUT2D eigenvalue weighted by molar-refractivity contribution is 14.1. The molecule has 4 rings (SSSR count). The highest BCUT2D eigenvalue weighted by Gasteiger charge is 2.48. The number of halogens is 7. The van der Waals surface area contributed by atoms with Gasteiger partial charge >= 0.3 is 6.18 Å². The Hall–Kier alpha value is -2.51. The van der Waals surface area contributed by atoms with Crippen molar-refractivity contribution in [1.82, 2.24) is 14.9 Å². The molecule has 0 spiro atoms. The molecule has 1 saturated heterocycles. The van der Waals surface area contributed by atoms with Gasteiger partial charge in [0.25, 0.3) is 5.79 Å². The van der Waals surface area contributed by atoms with Crippen LogP contribution in [0.2, 0.25) is 0 Å². The van der Waals surface area contributed by atoms with Crippen LogP contribution in [0.25, 0.3) is 0 Å². The summed E-state index contributed by atoms with van der Waals surface area (Å²) in [4.78, 5) is 11.0. The lowest BCUT2D eigenvalue weighted by Crippen LogP contribution is -2.43. The summed E-state index contributed by atoms with van der Waals surface area (Å²) in [6.07, 6.45) is 1.87. The molecule has 2 aromatic rings. The maximum atomic E-state index is 16.5. The minimum absolute atomic E-state index is 0.0934. The summed E-state index contributed by atoms with van der Waals surface area (Å²) in [5, 5.41) is 0. The van der Waals surface area contributed by atoms with E-state index in [0.29, 0.717) is 16.7 Å². The second-order valence-corrected chi connectivity index (χ2v) is 9.50. The molecule has 188 valence electrons. The van der Waals surface area contributed by atoms with Gasteiger partial charge in [0, 0.05) is 34.6 Å². The lowest BCUT2D eigenvalue weighted by Gasteiger charge is -2.41. The number of anilines is 1. The fraction of sp³-hybridized carbons (Fsp3) is 0.391. The zero-order valence-electron chi connectivity index (χ0n) is 18.5. The average Bonchev–Trinajstić information content (AvgIpc) is 3.34. The van der Waals surface area contributed by atoms with Gasteiger partial charge in [-0.25, -0.2) is 18.2 Å². The predicted molar refractivity (Wildman–Crippen MR) is 126 cm³/mol.